The second-order valence-corrected chi connectivity index (χ2v) is 4.34. The van der Waals surface area contributed by atoms with Gasteiger partial charge in [0.15, 0.2) is 0 Å². The van der Waals surface area contributed by atoms with Gasteiger partial charge in [-0.1, -0.05) is 6.07 Å². The van der Waals surface area contributed by atoms with E-state index in [1.807, 2.05) is 6.92 Å². The molecular formula is C12H17N3S. The van der Waals surface area contributed by atoms with E-state index in [-0.39, 0.29) is 0 Å². The average molecular weight is 235 g/mol. The van der Waals surface area contributed by atoms with Crippen molar-refractivity contribution >= 4 is 23.7 Å². The molecule has 0 saturated heterocycles. The summed E-state index contributed by atoms with van der Waals surface area (Å²) in [6, 6.07) is 6.40. The minimum absolute atomic E-state index is 0.888. The Labute approximate surface area is 101 Å². The van der Waals surface area contributed by atoms with Crippen LogP contribution < -0.4 is 5.32 Å². The number of imidazole rings is 1. The average Bonchev–Trinajstić information content (AvgIpc) is 2.64. The number of aryl methyl sites for hydroxylation is 1. The van der Waals surface area contributed by atoms with E-state index in [0.717, 1.165) is 42.1 Å². The fourth-order valence-electron chi connectivity index (χ4n) is 1.78. The molecule has 0 unspecified atom stereocenters. The smallest absolute Gasteiger partial charge is 0.104 e. The van der Waals surface area contributed by atoms with E-state index in [0.29, 0.717) is 0 Å². The zero-order chi connectivity index (χ0) is 11.4. The summed E-state index contributed by atoms with van der Waals surface area (Å²) >= 11 is 4.16. The molecule has 86 valence electrons. The lowest BCUT2D eigenvalue weighted by molar-refractivity contribution is 0.722. The van der Waals surface area contributed by atoms with Gasteiger partial charge in [0.25, 0.3) is 0 Å². The van der Waals surface area contributed by atoms with Gasteiger partial charge in [-0.3, -0.25) is 0 Å². The summed E-state index contributed by atoms with van der Waals surface area (Å²) in [6.45, 7) is 3.95. The van der Waals surface area contributed by atoms with Crippen LogP contribution in [0.3, 0.4) is 0 Å². The maximum absolute atomic E-state index is 4.38. The highest BCUT2D eigenvalue weighted by Crippen LogP contribution is 2.13. The molecule has 0 radical (unpaired) electrons. The largest absolute Gasteiger partial charge is 0.342 e. The van der Waals surface area contributed by atoms with Gasteiger partial charge in [0.2, 0.25) is 0 Å². The van der Waals surface area contributed by atoms with Crippen molar-refractivity contribution in [3.63, 3.8) is 0 Å². The van der Waals surface area contributed by atoms with Crippen molar-refractivity contribution in [3.8, 4) is 0 Å². The first kappa shape index (κ1) is 11.5. The Morgan fingerprint density at radius 3 is 3.06 bits per heavy atom. The van der Waals surface area contributed by atoms with E-state index in [9.17, 15) is 0 Å². The molecule has 1 heterocycles. The molecule has 0 fully saturated rings. The van der Waals surface area contributed by atoms with Gasteiger partial charge in [-0.05, 0) is 37.6 Å². The zero-order valence-electron chi connectivity index (χ0n) is 9.45. The molecule has 0 atom stereocenters. The minimum atomic E-state index is 0.888. The van der Waals surface area contributed by atoms with Crippen LogP contribution in [0, 0.1) is 6.92 Å². The zero-order valence-corrected chi connectivity index (χ0v) is 10.3. The highest BCUT2D eigenvalue weighted by atomic mass is 32.1. The topological polar surface area (TPSA) is 40.7 Å². The Morgan fingerprint density at radius 2 is 2.25 bits per heavy atom. The van der Waals surface area contributed by atoms with Crippen LogP contribution >= 0.6 is 12.6 Å². The van der Waals surface area contributed by atoms with E-state index in [1.54, 1.807) is 0 Å². The normalized spacial score (nSPS) is 11.1. The molecule has 2 aromatic rings. The van der Waals surface area contributed by atoms with Crippen LogP contribution in [0.5, 0.6) is 0 Å². The van der Waals surface area contributed by atoms with Crippen LogP contribution in [-0.2, 0) is 6.42 Å². The standard InChI is InChI=1S/C12H17N3S/c1-9-14-11-3-2-10(8-12(11)15-9)4-5-13-6-7-16/h2-3,8,13,16H,4-7H2,1H3,(H,14,15). The second kappa shape index (κ2) is 5.37. The number of fused-ring (bicyclic) bond motifs is 1. The van der Waals surface area contributed by atoms with Gasteiger partial charge in [-0.25, -0.2) is 4.98 Å². The van der Waals surface area contributed by atoms with Crippen molar-refractivity contribution < 1.29 is 0 Å². The van der Waals surface area contributed by atoms with Crippen LogP contribution in [0.25, 0.3) is 11.0 Å². The number of hydrogen-bond donors (Lipinski definition) is 3. The highest BCUT2D eigenvalue weighted by molar-refractivity contribution is 7.80. The molecule has 1 aromatic heterocycles. The summed E-state index contributed by atoms with van der Waals surface area (Å²) < 4.78 is 0. The van der Waals surface area contributed by atoms with Crippen LogP contribution in [0.1, 0.15) is 11.4 Å². The number of aromatic amines is 1. The number of hydrogen-bond acceptors (Lipinski definition) is 3. The number of thiol groups is 1. The van der Waals surface area contributed by atoms with Crippen molar-refractivity contribution in [3.05, 3.63) is 29.6 Å². The Bertz CT molecular complexity index is 464. The fourth-order valence-corrected chi connectivity index (χ4v) is 1.93. The molecule has 2 rings (SSSR count). The van der Waals surface area contributed by atoms with Gasteiger partial charge < -0.3 is 10.3 Å². The third-order valence-electron chi connectivity index (χ3n) is 2.54. The monoisotopic (exact) mass is 235 g/mol. The Morgan fingerprint density at radius 1 is 1.38 bits per heavy atom. The summed E-state index contributed by atoms with van der Waals surface area (Å²) in [6.07, 6.45) is 1.04. The maximum atomic E-state index is 4.38. The summed E-state index contributed by atoms with van der Waals surface area (Å²) in [5.74, 6) is 1.86. The summed E-state index contributed by atoms with van der Waals surface area (Å²) in [4.78, 5) is 7.64. The van der Waals surface area contributed by atoms with Gasteiger partial charge in [0.05, 0.1) is 11.0 Å². The van der Waals surface area contributed by atoms with Crippen LogP contribution in [0.15, 0.2) is 18.2 Å². The molecule has 0 amide bonds. The van der Waals surface area contributed by atoms with Crippen molar-refractivity contribution in [2.24, 2.45) is 0 Å². The molecule has 3 nitrogen and oxygen atoms in total. The van der Waals surface area contributed by atoms with Crippen molar-refractivity contribution in [2.45, 2.75) is 13.3 Å². The minimum Gasteiger partial charge on any atom is -0.342 e. The molecule has 0 bridgehead atoms. The molecule has 0 spiro atoms. The molecule has 0 saturated carbocycles. The summed E-state index contributed by atoms with van der Waals surface area (Å²) in [7, 11) is 0. The number of H-pyrrole nitrogens is 1. The van der Waals surface area contributed by atoms with Crippen LogP contribution in [0.2, 0.25) is 0 Å². The van der Waals surface area contributed by atoms with E-state index >= 15 is 0 Å². The third kappa shape index (κ3) is 2.77. The van der Waals surface area contributed by atoms with Gasteiger partial charge in [-0.2, -0.15) is 12.6 Å². The molecule has 0 aliphatic heterocycles. The molecule has 0 aliphatic carbocycles. The molecule has 2 N–H and O–H groups in total. The van der Waals surface area contributed by atoms with Gasteiger partial charge >= 0.3 is 0 Å². The van der Waals surface area contributed by atoms with E-state index < -0.39 is 0 Å². The SMILES string of the molecule is Cc1nc2ccc(CCNCCS)cc2[nH]1. The molecule has 1 aromatic carbocycles. The molecular weight excluding hydrogens is 218 g/mol. The fraction of sp³-hybridized carbons (Fsp3) is 0.417. The predicted octanol–water partition coefficient (Wildman–Crippen LogP) is 1.93. The molecule has 4 heteroatoms. The lowest BCUT2D eigenvalue weighted by Crippen LogP contribution is -2.19. The molecule has 0 aliphatic rings. The Hall–Kier alpha value is -1.00. The number of aromatic nitrogens is 2. The summed E-state index contributed by atoms with van der Waals surface area (Å²) in [5, 5.41) is 3.33. The Kier molecular flexibility index (Phi) is 3.85. The number of benzene rings is 1. The number of nitrogens with one attached hydrogen (secondary N) is 2. The lowest BCUT2D eigenvalue weighted by atomic mass is 10.1. The predicted molar refractivity (Wildman–Crippen MR) is 71.3 cm³/mol. The lowest BCUT2D eigenvalue weighted by Gasteiger charge is -2.02. The van der Waals surface area contributed by atoms with Crippen molar-refractivity contribution in [1.29, 1.82) is 0 Å². The number of rotatable bonds is 5. The first-order chi connectivity index (χ1) is 7.79. The van der Waals surface area contributed by atoms with Gasteiger partial charge in [0, 0.05) is 12.3 Å². The van der Waals surface area contributed by atoms with E-state index in [2.05, 4.69) is 46.1 Å². The Balaban J connectivity index is 2.02. The van der Waals surface area contributed by atoms with Gasteiger partial charge in [0.1, 0.15) is 5.82 Å². The number of nitrogens with zero attached hydrogens (tertiary/aromatic N) is 1. The maximum Gasteiger partial charge on any atom is 0.104 e. The van der Waals surface area contributed by atoms with Crippen LogP contribution in [-0.4, -0.2) is 28.8 Å². The van der Waals surface area contributed by atoms with Crippen LogP contribution in [0.4, 0.5) is 0 Å². The quantitative estimate of drug-likeness (QED) is 0.547. The van der Waals surface area contributed by atoms with Crippen molar-refractivity contribution in [2.75, 3.05) is 18.8 Å². The highest BCUT2D eigenvalue weighted by Gasteiger charge is 2.00. The van der Waals surface area contributed by atoms with E-state index in [4.69, 9.17) is 0 Å². The first-order valence-corrected chi connectivity index (χ1v) is 6.19. The van der Waals surface area contributed by atoms with Gasteiger partial charge in [-0.15, -0.1) is 0 Å². The molecule has 16 heavy (non-hydrogen) atoms. The second-order valence-electron chi connectivity index (χ2n) is 3.90. The third-order valence-corrected chi connectivity index (χ3v) is 2.77. The summed E-state index contributed by atoms with van der Waals surface area (Å²) in [5.41, 5.74) is 3.51. The van der Waals surface area contributed by atoms with E-state index in [1.165, 1.54) is 5.56 Å². The van der Waals surface area contributed by atoms with Crippen molar-refractivity contribution in [1.82, 2.24) is 15.3 Å². The first-order valence-electron chi connectivity index (χ1n) is 5.56.